The zero-order valence-electron chi connectivity index (χ0n) is 17.1. The zero-order chi connectivity index (χ0) is 21.6. The highest BCUT2D eigenvalue weighted by molar-refractivity contribution is 7.89. The molecular weight excluding hydrogens is 412 g/mol. The quantitative estimate of drug-likeness (QED) is 0.743. The Labute approximate surface area is 176 Å². The highest BCUT2D eigenvalue weighted by atomic mass is 35.5. The summed E-state index contributed by atoms with van der Waals surface area (Å²) < 4.78 is 31.0. The molecule has 0 heterocycles. The minimum atomic E-state index is -3.48. The summed E-state index contributed by atoms with van der Waals surface area (Å²) in [6.07, 6.45) is 0. The van der Waals surface area contributed by atoms with Crippen LogP contribution in [0.25, 0.3) is 0 Å². The molecule has 8 heteroatoms. The van der Waals surface area contributed by atoms with Gasteiger partial charge in [-0.3, -0.25) is 4.79 Å². The Morgan fingerprint density at radius 3 is 2.31 bits per heavy atom. The van der Waals surface area contributed by atoms with Crippen molar-refractivity contribution in [3.63, 3.8) is 0 Å². The van der Waals surface area contributed by atoms with Crippen LogP contribution in [0.5, 0.6) is 5.75 Å². The summed E-state index contributed by atoms with van der Waals surface area (Å²) in [6, 6.07) is 11.8. The van der Waals surface area contributed by atoms with Crippen LogP contribution in [0, 0.1) is 11.3 Å². The van der Waals surface area contributed by atoms with Gasteiger partial charge in [-0.05, 0) is 41.3 Å². The number of sulfonamides is 1. The number of carbonyl (C=O) groups is 1. The summed E-state index contributed by atoms with van der Waals surface area (Å²) in [5.74, 6) is 0.160. The molecule has 156 valence electrons. The number of hydrogen-bond donors (Lipinski definition) is 1. The second-order valence-electron chi connectivity index (χ2n) is 7.97. The molecule has 0 aliphatic heterocycles. The highest BCUT2D eigenvalue weighted by Crippen LogP contribution is 2.64. The van der Waals surface area contributed by atoms with E-state index in [9.17, 15) is 13.2 Å². The fourth-order valence-corrected chi connectivity index (χ4v) is 4.87. The van der Waals surface area contributed by atoms with Gasteiger partial charge in [0.05, 0.1) is 23.6 Å². The standard InChI is InChI=1S/C21H25ClN2O4S/c1-21(2)18(13-6-9-15(10-7-13)29(26,27)24(3)4)19(21)20(25)23-16-12-14(22)8-11-17(16)28-5/h6-12,18-19H,1-5H3,(H,23,25). The van der Waals surface area contributed by atoms with Crippen molar-refractivity contribution in [2.24, 2.45) is 11.3 Å². The van der Waals surface area contributed by atoms with E-state index < -0.39 is 10.0 Å². The Bertz CT molecular complexity index is 1030. The highest BCUT2D eigenvalue weighted by Gasteiger charge is 2.62. The van der Waals surface area contributed by atoms with Gasteiger partial charge in [-0.25, -0.2) is 12.7 Å². The van der Waals surface area contributed by atoms with Crippen LogP contribution in [0.2, 0.25) is 5.02 Å². The van der Waals surface area contributed by atoms with E-state index in [1.54, 1.807) is 42.5 Å². The van der Waals surface area contributed by atoms with Crippen LogP contribution < -0.4 is 10.1 Å². The molecule has 1 fully saturated rings. The van der Waals surface area contributed by atoms with Crippen LogP contribution in [-0.4, -0.2) is 39.8 Å². The fraction of sp³-hybridized carbons (Fsp3) is 0.381. The maximum absolute atomic E-state index is 13.0. The van der Waals surface area contributed by atoms with Crippen molar-refractivity contribution in [2.45, 2.75) is 24.7 Å². The van der Waals surface area contributed by atoms with Crippen molar-refractivity contribution < 1.29 is 17.9 Å². The number of carbonyl (C=O) groups excluding carboxylic acids is 1. The third-order valence-corrected chi connectivity index (χ3v) is 7.61. The molecule has 2 atom stereocenters. The SMILES string of the molecule is COc1ccc(Cl)cc1NC(=O)C1C(c2ccc(S(=O)(=O)N(C)C)cc2)C1(C)C. The molecule has 2 aromatic rings. The molecular formula is C21H25ClN2O4S. The number of benzene rings is 2. The summed E-state index contributed by atoms with van der Waals surface area (Å²) in [5, 5.41) is 3.42. The Morgan fingerprint density at radius 2 is 1.76 bits per heavy atom. The van der Waals surface area contributed by atoms with E-state index in [1.807, 2.05) is 13.8 Å². The average molecular weight is 437 g/mol. The summed E-state index contributed by atoms with van der Waals surface area (Å²) in [7, 11) is 1.05. The molecule has 29 heavy (non-hydrogen) atoms. The molecule has 0 bridgehead atoms. The van der Waals surface area contributed by atoms with Crippen molar-refractivity contribution in [3.8, 4) is 5.75 Å². The largest absolute Gasteiger partial charge is 0.495 e. The first-order chi connectivity index (χ1) is 13.5. The van der Waals surface area contributed by atoms with E-state index >= 15 is 0 Å². The average Bonchev–Trinajstić information content (AvgIpc) is 3.24. The van der Waals surface area contributed by atoms with E-state index in [4.69, 9.17) is 16.3 Å². The molecule has 0 aromatic heterocycles. The Morgan fingerprint density at radius 1 is 1.14 bits per heavy atom. The zero-order valence-corrected chi connectivity index (χ0v) is 18.6. The predicted octanol–water partition coefficient (Wildman–Crippen LogP) is 3.98. The lowest BCUT2D eigenvalue weighted by molar-refractivity contribution is -0.118. The first-order valence-corrected chi connectivity index (χ1v) is 11.0. The number of nitrogens with one attached hydrogen (secondary N) is 1. The van der Waals surface area contributed by atoms with Crippen LogP contribution in [0.3, 0.4) is 0 Å². The molecule has 2 unspecified atom stereocenters. The van der Waals surface area contributed by atoms with Crippen molar-refractivity contribution in [1.29, 1.82) is 0 Å². The number of nitrogens with zero attached hydrogens (tertiary/aromatic N) is 1. The van der Waals surface area contributed by atoms with Gasteiger partial charge in [0.2, 0.25) is 15.9 Å². The minimum absolute atomic E-state index is 0.0104. The molecule has 1 saturated carbocycles. The maximum atomic E-state index is 13.0. The van der Waals surface area contributed by atoms with Crippen molar-refractivity contribution in [1.82, 2.24) is 4.31 Å². The molecule has 0 saturated heterocycles. The Balaban J connectivity index is 1.81. The van der Waals surface area contributed by atoms with Gasteiger partial charge in [0.25, 0.3) is 0 Å². The van der Waals surface area contributed by atoms with E-state index in [1.165, 1.54) is 25.5 Å². The molecule has 2 aromatic carbocycles. The number of halogens is 1. The third-order valence-electron chi connectivity index (χ3n) is 5.55. The predicted molar refractivity (Wildman–Crippen MR) is 114 cm³/mol. The Hall–Kier alpha value is -2.09. The molecule has 1 aliphatic rings. The van der Waals surface area contributed by atoms with Crippen LogP contribution >= 0.6 is 11.6 Å². The Kier molecular flexibility index (Phi) is 5.69. The van der Waals surface area contributed by atoms with Crippen molar-refractivity contribution in [3.05, 3.63) is 53.1 Å². The maximum Gasteiger partial charge on any atom is 0.242 e. The molecule has 0 radical (unpaired) electrons. The van der Waals surface area contributed by atoms with Gasteiger partial charge in [0, 0.05) is 25.0 Å². The molecule has 0 spiro atoms. The van der Waals surface area contributed by atoms with Gasteiger partial charge in [0.1, 0.15) is 5.75 Å². The number of ether oxygens (including phenoxy) is 1. The van der Waals surface area contributed by atoms with E-state index in [0.717, 1.165) is 5.56 Å². The monoisotopic (exact) mass is 436 g/mol. The number of anilines is 1. The summed E-state index contributed by atoms with van der Waals surface area (Å²) in [5.41, 5.74) is 1.21. The minimum Gasteiger partial charge on any atom is -0.495 e. The van der Waals surface area contributed by atoms with Crippen LogP contribution in [0.1, 0.15) is 25.3 Å². The van der Waals surface area contributed by atoms with Gasteiger partial charge in [-0.1, -0.05) is 37.6 Å². The van der Waals surface area contributed by atoms with E-state index in [2.05, 4.69) is 5.32 Å². The van der Waals surface area contributed by atoms with Gasteiger partial charge < -0.3 is 10.1 Å². The fourth-order valence-electron chi connectivity index (χ4n) is 3.80. The van der Waals surface area contributed by atoms with Crippen LogP contribution in [-0.2, 0) is 14.8 Å². The first kappa shape index (κ1) is 21.6. The molecule has 1 N–H and O–H groups in total. The smallest absolute Gasteiger partial charge is 0.242 e. The van der Waals surface area contributed by atoms with Crippen molar-refractivity contribution >= 4 is 33.2 Å². The van der Waals surface area contributed by atoms with Gasteiger partial charge in [-0.2, -0.15) is 0 Å². The van der Waals surface area contributed by atoms with Gasteiger partial charge >= 0.3 is 0 Å². The second-order valence-corrected chi connectivity index (χ2v) is 10.6. The number of rotatable bonds is 6. The summed E-state index contributed by atoms with van der Waals surface area (Å²) in [6.45, 7) is 4.06. The van der Waals surface area contributed by atoms with Crippen LogP contribution in [0.15, 0.2) is 47.4 Å². The summed E-state index contributed by atoms with van der Waals surface area (Å²) >= 11 is 6.05. The normalized spacial score (nSPS) is 20.4. The van der Waals surface area contributed by atoms with E-state index in [-0.39, 0.29) is 28.1 Å². The lowest BCUT2D eigenvalue weighted by Crippen LogP contribution is -2.22. The number of hydrogen-bond acceptors (Lipinski definition) is 4. The summed E-state index contributed by atoms with van der Waals surface area (Å²) in [4.78, 5) is 13.2. The molecule has 1 aliphatic carbocycles. The van der Waals surface area contributed by atoms with Crippen LogP contribution in [0.4, 0.5) is 5.69 Å². The van der Waals surface area contributed by atoms with Crippen molar-refractivity contribution in [2.75, 3.05) is 26.5 Å². The second kappa shape index (κ2) is 7.63. The topological polar surface area (TPSA) is 75.7 Å². The first-order valence-electron chi connectivity index (χ1n) is 9.17. The lowest BCUT2D eigenvalue weighted by atomic mass is 10.0. The lowest BCUT2D eigenvalue weighted by Gasteiger charge is -2.12. The third kappa shape index (κ3) is 3.99. The number of amides is 1. The number of methoxy groups -OCH3 is 1. The molecule has 6 nitrogen and oxygen atoms in total. The van der Waals surface area contributed by atoms with Gasteiger partial charge in [-0.15, -0.1) is 0 Å². The van der Waals surface area contributed by atoms with E-state index in [0.29, 0.717) is 16.5 Å². The molecule has 3 rings (SSSR count). The molecule has 1 amide bonds. The van der Waals surface area contributed by atoms with Gasteiger partial charge in [0.15, 0.2) is 0 Å².